The quantitative estimate of drug-likeness (QED) is 0.517. The highest BCUT2D eigenvalue weighted by atomic mass is 16.8. The minimum absolute atomic E-state index is 0.287. The summed E-state index contributed by atoms with van der Waals surface area (Å²) in [5.74, 6) is -0.770. The van der Waals surface area contributed by atoms with E-state index < -0.39 is 18.4 Å². The Labute approximate surface area is 70.3 Å². The van der Waals surface area contributed by atoms with Crippen LogP contribution in [0, 0.1) is 5.92 Å². The molecule has 0 fully saturated rings. The molecular formula is C7H12O5. The molecule has 70 valence electrons. The van der Waals surface area contributed by atoms with Gasteiger partial charge in [-0.25, -0.2) is 4.79 Å². The first-order valence-electron chi connectivity index (χ1n) is 3.53. The molecule has 0 bridgehead atoms. The zero-order valence-corrected chi connectivity index (χ0v) is 7.23. The minimum Gasteiger partial charge on any atom is -0.450 e. The summed E-state index contributed by atoms with van der Waals surface area (Å²) in [5.41, 5.74) is 0. The SMILES string of the molecule is CC(OC(=O)O)OC(=O)C(C)C. The van der Waals surface area contributed by atoms with E-state index in [1.54, 1.807) is 13.8 Å². The molecule has 0 saturated heterocycles. The van der Waals surface area contributed by atoms with Crippen LogP contribution in [-0.2, 0) is 14.3 Å². The number of hydrogen-bond donors (Lipinski definition) is 1. The van der Waals surface area contributed by atoms with Gasteiger partial charge in [0.05, 0.1) is 5.92 Å². The second-order valence-electron chi connectivity index (χ2n) is 2.54. The lowest BCUT2D eigenvalue weighted by molar-refractivity contribution is -0.170. The summed E-state index contributed by atoms with van der Waals surface area (Å²) >= 11 is 0. The van der Waals surface area contributed by atoms with E-state index in [4.69, 9.17) is 5.11 Å². The van der Waals surface area contributed by atoms with Crippen LogP contribution in [-0.4, -0.2) is 23.5 Å². The minimum atomic E-state index is -1.46. The van der Waals surface area contributed by atoms with Gasteiger partial charge >= 0.3 is 12.1 Å². The number of esters is 1. The number of rotatable bonds is 3. The van der Waals surface area contributed by atoms with Crippen molar-refractivity contribution in [2.24, 2.45) is 5.92 Å². The van der Waals surface area contributed by atoms with Crippen molar-refractivity contribution < 1.29 is 24.2 Å². The topological polar surface area (TPSA) is 72.8 Å². The van der Waals surface area contributed by atoms with Crippen molar-refractivity contribution in [3.05, 3.63) is 0 Å². The summed E-state index contributed by atoms with van der Waals surface area (Å²) in [6, 6.07) is 0. The lowest BCUT2D eigenvalue weighted by atomic mass is 10.2. The van der Waals surface area contributed by atoms with Crippen molar-refractivity contribution in [1.29, 1.82) is 0 Å². The highest BCUT2D eigenvalue weighted by molar-refractivity contribution is 5.71. The standard InChI is InChI=1S/C7H12O5/c1-4(2)6(8)11-5(3)12-7(9)10/h4-5H,1-3H3,(H,9,10). The first-order valence-corrected chi connectivity index (χ1v) is 3.53. The molecule has 0 rings (SSSR count). The van der Waals surface area contributed by atoms with Crippen molar-refractivity contribution in [1.82, 2.24) is 0 Å². The summed E-state index contributed by atoms with van der Waals surface area (Å²) in [6.45, 7) is 4.64. The van der Waals surface area contributed by atoms with Gasteiger partial charge in [-0.05, 0) is 0 Å². The van der Waals surface area contributed by atoms with Crippen molar-refractivity contribution in [3.63, 3.8) is 0 Å². The van der Waals surface area contributed by atoms with E-state index in [9.17, 15) is 9.59 Å². The largest absolute Gasteiger partial charge is 0.508 e. The fraction of sp³-hybridized carbons (Fsp3) is 0.714. The van der Waals surface area contributed by atoms with Gasteiger partial charge in [-0.1, -0.05) is 13.8 Å². The van der Waals surface area contributed by atoms with Crippen LogP contribution in [0.2, 0.25) is 0 Å². The summed E-state index contributed by atoms with van der Waals surface area (Å²) in [5, 5.41) is 8.12. The molecule has 5 nitrogen and oxygen atoms in total. The molecule has 0 aromatic heterocycles. The molecule has 0 aromatic carbocycles. The first kappa shape index (κ1) is 10.7. The third-order valence-electron chi connectivity index (χ3n) is 1.02. The van der Waals surface area contributed by atoms with Crippen LogP contribution in [0.4, 0.5) is 4.79 Å². The highest BCUT2D eigenvalue weighted by Crippen LogP contribution is 2.01. The van der Waals surface area contributed by atoms with Crippen LogP contribution in [0.25, 0.3) is 0 Å². The Morgan fingerprint density at radius 1 is 1.17 bits per heavy atom. The van der Waals surface area contributed by atoms with Crippen molar-refractivity contribution in [2.75, 3.05) is 0 Å². The van der Waals surface area contributed by atoms with Crippen LogP contribution >= 0.6 is 0 Å². The maximum atomic E-state index is 10.8. The van der Waals surface area contributed by atoms with Gasteiger partial charge in [-0.15, -0.1) is 0 Å². The van der Waals surface area contributed by atoms with Crippen LogP contribution < -0.4 is 0 Å². The molecule has 0 amide bonds. The molecule has 0 aliphatic rings. The Hall–Kier alpha value is -1.26. The number of ether oxygens (including phenoxy) is 2. The first-order chi connectivity index (χ1) is 5.43. The lowest BCUT2D eigenvalue weighted by Crippen LogP contribution is -2.23. The van der Waals surface area contributed by atoms with E-state index in [0.29, 0.717) is 0 Å². The van der Waals surface area contributed by atoms with Gasteiger partial charge in [-0.3, -0.25) is 4.79 Å². The summed E-state index contributed by atoms with van der Waals surface area (Å²) in [4.78, 5) is 20.8. The molecule has 0 aromatic rings. The molecular weight excluding hydrogens is 164 g/mol. The number of carboxylic acid groups (broad SMARTS) is 1. The van der Waals surface area contributed by atoms with E-state index in [1.165, 1.54) is 6.92 Å². The van der Waals surface area contributed by atoms with Gasteiger partial charge in [0, 0.05) is 6.92 Å². The Morgan fingerprint density at radius 3 is 2.00 bits per heavy atom. The molecule has 0 heterocycles. The van der Waals surface area contributed by atoms with Crippen molar-refractivity contribution in [2.45, 2.75) is 27.1 Å². The highest BCUT2D eigenvalue weighted by Gasteiger charge is 2.15. The molecule has 0 saturated carbocycles. The maximum absolute atomic E-state index is 10.8. The van der Waals surface area contributed by atoms with E-state index in [-0.39, 0.29) is 5.92 Å². The molecule has 5 heteroatoms. The molecule has 1 N–H and O–H groups in total. The predicted molar refractivity (Wildman–Crippen MR) is 39.5 cm³/mol. The fourth-order valence-corrected chi connectivity index (χ4v) is 0.466. The Kier molecular flexibility index (Phi) is 4.10. The van der Waals surface area contributed by atoms with Gasteiger partial charge in [0.15, 0.2) is 0 Å². The second kappa shape index (κ2) is 4.58. The van der Waals surface area contributed by atoms with Crippen molar-refractivity contribution in [3.8, 4) is 0 Å². The number of carbonyl (C=O) groups excluding carboxylic acids is 1. The van der Waals surface area contributed by atoms with Crippen LogP contribution in [0.5, 0.6) is 0 Å². The average Bonchev–Trinajstić information content (AvgIpc) is 1.84. The zero-order valence-electron chi connectivity index (χ0n) is 7.23. The summed E-state index contributed by atoms with van der Waals surface area (Å²) in [7, 11) is 0. The second-order valence-corrected chi connectivity index (χ2v) is 2.54. The Balaban J connectivity index is 3.76. The predicted octanol–water partition coefficient (Wildman–Crippen LogP) is 1.23. The van der Waals surface area contributed by atoms with Crippen LogP contribution in [0.15, 0.2) is 0 Å². The molecule has 0 aliphatic heterocycles. The van der Waals surface area contributed by atoms with Crippen LogP contribution in [0.1, 0.15) is 20.8 Å². The fourth-order valence-electron chi connectivity index (χ4n) is 0.466. The van der Waals surface area contributed by atoms with E-state index in [0.717, 1.165) is 0 Å². The smallest absolute Gasteiger partial charge is 0.450 e. The Morgan fingerprint density at radius 2 is 1.67 bits per heavy atom. The average molecular weight is 176 g/mol. The summed E-state index contributed by atoms with van der Waals surface area (Å²) < 4.78 is 8.73. The van der Waals surface area contributed by atoms with E-state index >= 15 is 0 Å². The maximum Gasteiger partial charge on any atom is 0.508 e. The van der Waals surface area contributed by atoms with Gasteiger partial charge in [0.2, 0.25) is 6.29 Å². The molecule has 0 aliphatic carbocycles. The normalized spacial score (nSPS) is 12.3. The Bertz CT molecular complexity index is 175. The molecule has 1 atom stereocenters. The molecule has 12 heavy (non-hydrogen) atoms. The zero-order chi connectivity index (χ0) is 9.72. The monoisotopic (exact) mass is 176 g/mol. The molecule has 0 spiro atoms. The van der Waals surface area contributed by atoms with Gasteiger partial charge < -0.3 is 14.6 Å². The lowest BCUT2D eigenvalue weighted by Gasteiger charge is -2.12. The molecule has 1 unspecified atom stereocenters. The van der Waals surface area contributed by atoms with Gasteiger partial charge in [-0.2, -0.15) is 0 Å². The molecule has 0 radical (unpaired) electrons. The van der Waals surface area contributed by atoms with E-state index in [1.807, 2.05) is 0 Å². The third kappa shape index (κ3) is 4.54. The third-order valence-corrected chi connectivity index (χ3v) is 1.02. The summed E-state index contributed by atoms with van der Waals surface area (Å²) in [6.07, 6.45) is -2.50. The van der Waals surface area contributed by atoms with E-state index in [2.05, 4.69) is 9.47 Å². The van der Waals surface area contributed by atoms with Crippen LogP contribution in [0.3, 0.4) is 0 Å². The number of carbonyl (C=O) groups is 2. The van der Waals surface area contributed by atoms with Gasteiger partial charge in [0.1, 0.15) is 0 Å². The van der Waals surface area contributed by atoms with Gasteiger partial charge in [0.25, 0.3) is 0 Å². The number of hydrogen-bond acceptors (Lipinski definition) is 4. The van der Waals surface area contributed by atoms with Crippen molar-refractivity contribution >= 4 is 12.1 Å².